The molecule has 0 atom stereocenters. The molecule has 0 unspecified atom stereocenters. The van der Waals surface area contributed by atoms with Crippen LogP contribution < -0.4 is 0 Å². The predicted octanol–water partition coefficient (Wildman–Crippen LogP) is 1.06. The molecule has 54 valence electrons. The summed E-state index contributed by atoms with van der Waals surface area (Å²) in [7, 11) is 0. The van der Waals surface area contributed by atoms with Crippen molar-refractivity contribution in [2.24, 2.45) is 0 Å². The number of pyridine rings is 1. The minimum atomic E-state index is -0.169. The van der Waals surface area contributed by atoms with Crippen molar-refractivity contribution in [2.75, 3.05) is 0 Å². The molecule has 1 heterocycles. The largest absolute Gasteiger partial charge is 0.504 e. The quantitative estimate of drug-likeness (QED) is 0.611. The van der Waals surface area contributed by atoms with Crippen LogP contribution in [0.15, 0.2) is 12.3 Å². The Kier molecular flexibility index (Phi) is 1.76. The summed E-state index contributed by atoms with van der Waals surface area (Å²) >= 11 is 0. The summed E-state index contributed by atoms with van der Waals surface area (Å²) in [6, 6.07) is 1.45. The van der Waals surface area contributed by atoms with Gasteiger partial charge in [-0.15, -0.1) is 0 Å². The van der Waals surface area contributed by atoms with Gasteiger partial charge in [0.05, 0.1) is 6.20 Å². The molecular formula is C7H9NO2. The Morgan fingerprint density at radius 2 is 2.10 bits per heavy atom. The van der Waals surface area contributed by atoms with Crippen LogP contribution in [0.1, 0.15) is 12.6 Å². The maximum absolute atomic E-state index is 8.94. The number of aromatic hydroxyl groups is 2. The van der Waals surface area contributed by atoms with Crippen LogP contribution in [-0.2, 0) is 6.42 Å². The van der Waals surface area contributed by atoms with Gasteiger partial charge in [0.2, 0.25) is 0 Å². The summed E-state index contributed by atoms with van der Waals surface area (Å²) < 4.78 is 0. The van der Waals surface area contributed by atoms with Crippen LogP contribution in [0.2, 0.25) is 0 Å². The molecule has 1 rings (SSSR count). The Hall–Kier alpha value is -1.25. The molecule has 0 amide bonds. The van der Waals surface area contributed by atoms with Crippen molar-refractivity contribution in [3.8, 4) is 11.5 Å². The summed E-state index contributed by atoms with van der Waals surface area (Å²) in [4.78, 5) is 3.85. The van der Waals surface area contributed by atoms with Crippen LogP contribution in [0.3, 0.4) is 0 Å². The molecule has 0 spiro atoms. The second-order valence-corrected chi connectivity index (χ2v) is 2.02. The second-order valence-electron chi connectivity index (χ2n) is 2.02. The first kappa shape index (κ1) is 6.86. The summed E-state index contributed by atoms with van der Waals surface area (Å²) in [6.07, 6.45) is 2.00. The van der Waals surface area contributed by atoms with Gasteiger partial charge in [-0.1, -0.05) is 6.92 Å². The highest BCUT2D eigenvalue weighted by atomic mass is 16.3. The van der Waals surface area contributed by atoms with E-state index in [1.54, 1.807) is 0 Å². The zero-order chi connectivity index (χ0) is 7.56. The predicted molar refractivity (Wildman–Crippen MR) is 36.9 cm³/mol. The highest BCUT2D eigenvalue weighted by Crippen LogP contribution is 2.22. The van der Waals surface area contributed by atoms with E-state index < -0.39 is 0 Å². The van der Waals surface area contributed by atoms with Crippen LogP contribution in [0.4, 0.5) is 0 Å². The lowest BCUT2D eigenvalue weighted by atomic mass is 10.3. The third kappa shape index (κ3) is 1.18. The Morgan fingerprint density at radius 1 is 1.40 bits per heavy atom. The Balaban J connectivity index is 3.04. The summed E-state index contributed by atoms with van der Waals surface area (Å²) in [5, 5.41) is 17.8. The van der Waals surface area contributed by atoms with E-state index in [1.807, 2.05) is 6.92 Å². The third-order valence-corrected chi connectivity index (χ3v) is 1.28. The highest BCUT2D eigenvalue weighted by Gasteiger charge is 1.98. The van der Waals surface area contributed by atoms with Gasteiger partial charge in [0.25, 0.3) is 0 Å². The van der Waals surface area contributed by atoms with Gasteiger partial charge in [-0.25, -0.2) is 0 Å². The van der Waals surface area contributed by atoms with Gasteiger partial charge in [-0.2, -0.15) is 0 Å². The molecule has 10 heavy (non-hydrogen) atoms. The standard InChI is InChI=1S/C7H9NO2/c1-2-5-3-6(9)7(10)4-8-5/h3-4,10H,2H2,1H3,(H,8,9). The van der Waals surface area contributed by atoms with Gasteiger partial charge in [0.1, 0.15) is 0 Å². The molecule has 0 aliphatic heterocycles. The van der Waals surface area contributed by atoms with Crippen LogP contribution in [-0.4, -0.2) is 15.2 Å². The van der Waals surface area contributed by atoms with Crippen molar-refractivity contribution >= 4 is 0 Å². The van der Waals surface area contributed by atoms with Gasteiger partial charge in [-0.05, 0) is 6.42 Å². The molecule has 0 aromatic carbocycles. The fraction of sp³-hybridized carbons (Fsp3) is 0.286. The van der Waals surface area contributed by atoms with E-state index in [9.17, 15) is 0 Å². The number of aromatic nitrogens is 1. The van der Waals surface area contributed by atoms with Gasteiger partial charge in [-0.3, -0.25) is 4.98 Å². The third-order valence-electron chi connectivity index (χ3n) is 1.28. The number of aryl methyl sites for hydroxylation is 1. The van der Waals surface area contributed by atoms with Crippen LogP contribution in [0, 0.1) is 0 Å². The molecule has 0 aliphatic rings. The molecular weight excluding hydrogens is 130 g/mol. The lowest BCUT2D eigenvalue weighted by molar-refractivity contribution is 0.400. The van der Waals surface area contributed by atoms with Gasteiger partial charge in [0, 0.05) is 11.8 Å². The van der Waals surface area contributed by atoms with Crippen molar-refractivity contribution in [2.45, 2.75) is 13.3 Å². The summed E-state index contributed by atoms with van der Waals surface area (Å²) in [5.74, 6) is -0.274. The van der Waals surface area contributed by atoms with Crippen molar-refractivity contribution < 1.29 is 10.2 Å². The fourth-order valence-corrected chi connectivity index (χ4v) is 0.673. The first-order chi connectivity index (χ1) is 4.74. The van der Waals surface area contributed by atoms with E-state index in [0.717, 1.165) is 12.1 Å². The van der Waals surface area contributed by atoms with E-state index in [0.29, 0.717) is 0 Å². The van der Waals surface area contributed by atoms with Gasteiger partial charge in [0.15, 0.2) is 11.5 Å². The molecule has 2 N–H and O–H groups in total. The Morgan fingerprint density at radius 3 is 2.60 bits per heavy atom. The second kappa shape index (κ2) is 2.56. The molecule has 1 aromatic rings. The Labute approximate surface area is 59.0 Å². The van der Waals surface area contributed by atoms with E-state index in [-0.39, 0.29) is 11.5 Å². The Bertz CT molecular complexity index is 235. The van der Waals surface area contributed by atoms with E-state index in [1.165, 1.54) is 12.3 Å². The smallest absolute Gasteiger partial charge is 0.176 e. The molecule has 0 radical (unpaired) electrons. The van der Waals surface area contributed by atoms with Crippen LogP contribution >= 0.6 is 0 Å². The number of hydrogen-bond acceptors (Lipinski definition) is 3. The molecule has 0 saturated heterocycles. The molecule has 3 nitrogen and oxygen atoms in total. The minimum Gasteiger partial charge on any atom is -0.504 e. The first-order valence-corrected chi connectivity index (χ1v) is 3.11. The van der Waals surface area contributed by atoms with E-state index in [4.69, 9.17) is 10.2 Å². The van der Waals surface area contributed by atoms with Crippen molar-refractivity contribution in [3.63, 3.8) is 0 Å². The van der Waals surface area contributed by atoms with Crippen molar-refractivity contribution in [1.29, 1.82) is 0 Å². The zero-order valence-corrected chi connectivity index (χ0v) is 5.70. The minimum absolute atomic E-state index is 0.105. The highest BCUT2D eigenvalue weighted by molar-refractivity contribution is 5.35. The monoisotopic (exact) mass is 139 g/mol. The lowest BCUT2D eigenvalue weighted by Gasteiger charge is -1.97. The normalized spacial score (nSPS) is 9.70. The number of nitrogens with zero attached hydrogens (tertiary/aromatic N) is 1. The van der Waals surface area contributed by atoms with Crippen molar-refractivity contribution in [3.05, 3.63) is 18.0 Å². The number of rotatable bonds is 1. The maximum Gasteiger partial charge on any atom is 0.176 e. The fourth-order valence-electron chi connectivity index (χ4n) is 0.673. The topological polar surface area (TPSA) is 53.4 Å². The molecule has 0 bridgehead atoms. The average molecular weight is 139 g/mol. The SMILES string of the molecule is CCc1cc(O)c(O)cn1. The average Bonchev–Trinajstić information content (AvgIpc) is 1.95. The first-order valence-electron chi connectivity index (χ1n) is 3.11. The lowest BCUT2D eigenvalue weighted by Crippen LogP contribution is -1.84. The van der Waals surface area contributed by atoms with Crippen LogP contribution in [0.5, 0.6) is 11.5 Å². The van der Waals surface area contributed by atoms with Crippen LogP contribution in [0.25, 0.3) is 0 Å². The molecule has 0 fully saturated rings. The molecule has 1 aromatic heterocycles. The molecule has 3 heteroatoms. The maximum atomic E-state index is 8.94. The zero-order valence-electron chi connectivity index (χ0n) is 5.70. The molecule has 0 saturated carbocycles. The molecule has 0 aliphatic carbocycles. The summed E-state index contributed by atoms with van der Waals surface area (Å²) in [5.41, 5.74) is 0.773. The van der Waals surface area contributed by atoms with E-state index >= 15 is 0 Å². The number of hydrogen-bond donors (Lipinski definition) is 2. The van der Waals surface area contributed by atoms with E-state index in [2.05, 4.69) is 4.98 Å². The van der Waals surface area contributed by atoms with Gasteiger partial charge < -0.3 is 10.2 Å². The van der Waals surface area contributed by atoms with Crippen molar-refractivity contribution in [1.82, 2.24) is 4.98 Å². The van der Waals surface area contributed by atoms with Gasteiger partial charge >= 0.3 is 0 Å². The summed E-state index contributed by atoms with van der Waals surface area (Å²) in [6.45, 7) is 1.93.